The van der Waals surface area contributed by atoms with E-state index >= 15 is 0 Å². The van der Waals surface area contributed by atoms with Crippen molar-refractivity contribution in [3.8, 4) is 5.75 Å². The van der Waals surface area contributed by atoms with Gasteiger partial charge in [-0.15, -0.1) is 0 Å². The molecule has 6 heteroatoms. The molecule has 22 heavy (non-hydrogen) atoms. The highest BCUT2D eigenvalue weighted by molar-refractivity contribution is 5.35. The molecule has 1 aromatic heterocycles. The van der Waals surface area contributed by atoms with Crippen molar-refractivity contribution in [2.75, 3.05) is 11.9 Å². The van der Waals surface area contributed by atoms with Crippen LogP contribution in [0.3, 0.4) is 0 Å². The minimum absolute atomic E-state index is 0.0594. The minimum atomic E-state index is -0.218. The van der Waals surface area contributed by atoms with E-state index in [1.165, 1.54) is 6.07 Å². The molecule has 2 heterocycles. The van der Waals surface area contributed by atoms with Gasteiger partial charge < -0.3 is 15.8 Å². The Balaban J connectivity index is 1.50. The number of anilines is 1. The monoisotopic (exact) mass is 302 g/mol. The van der Waals surface area contributed by atoms with Gasteiger partial charge in [-0.25, -0.2) is 14.4 Å². The molecule has 0 radical (unpaired) electrons. The first-order valence-corrected chi connectivity index (χ1v) is 7.42. The molecule has 0 fully saturated rings. The number of nitrogens with two attached hydrogens (primary N) is 1. The van der Waals surface area contributed by atoms with Crippen LogP contribution in [-0.4, -0.2) is 28.7 Å². The molecular weight excluding hydrogens is 283 g/mol. The molecule has 3 N–H and O–H groups in total. The fourth-order valence-corrected chi connectivity index (χ4v) is 2.61. The first kappa shape index (κ1) is 14.7. The Kier molecular flexibility index (Phi) is 4.48. The van der Waals surface area contributed by atoms with E-state index in [-0.39, 0.29) is 18.0 Å². The molecule has 1 aliphatic heterocycles. The predicted molar refractivity (Wildman–Crippen MR) is 82.3 cm³/mol. The van der Waals surface area contributed by atoms with Crippen molar-refractivity contribution in [1.29, 1.82) is 0 Å². The van der Waals surface area contributed by atoms with E-state index in [1.807, 2.05) is 0 Å². The Hall–Kier alpha value is -2.21. The van der Waals surface area contributed by atoms with Crippen LogP contribution in [0.15, 0.2) is 36.7 Å². The summed E-state index contributed by atoms with van der Waals surface area (Å²) in [5, 5.41) is 3.11. The van der Waals surface area contributed by atoms with Crippen molar-refractivity contribution in [3.63, 3.8) is 0 Å². The zero-order valence-corrected chi connectivity index (χ0v) is 12.2. The van der Waals surface area contributed by atoms with Crippen LogP contribution >= 0.6 is 0 Å². The van der Waals surface area contributed by atoms with Gasteiger partial charge in [-0.1, -0.05) is 0 Å². The largest absolute Gasteiger partial charge is 0.490 e. The fourth-order valence-electron chi connectivity index (χ4n) is 2.61. The Morgan fingerprint density at radius 1 is 1.36 bits per heavy atom. The molecule has 0 amide bonds. The lowest BCUT2D eigenvalue weighted by Crippen LogP contribution is -2.36. The molecule has 116 valence electrons. The highest BCUT2D eigenvalue weighted by Gasteiger charge is 2.22. The predicted octanol–water partition coefficient (Wildman–Crippen LogP) is 2.14. The molecule has 1 aromatic carbocycles. The van der Waals surface area contributed by atoms with Crippen LogP contribution in [0.5, 0.6) is 5.75 Å². The molecule has 1 aliphatic rings. The molecule has 2 aromatic rings. The molecule has 0 saturated heterocycles. The third-order valence-electron chi connectivity index (χ3n) is 3.71. The topological polar surface area (TPSA) is 73.1 Å². The van der Waals surface area contributed by atoms with Gasteiger partial charge in [0.1, 0.15) is 17.7 Å². The summed E-state index contributed by atoms with van der Waals surface area (Å²) in [7, 11) is 0. The van der Waals surface area contributed by atoms with Crippen molar-refractivity contribution in [2.24, 2.45) is 5.73 Å². The van der Waals surface area contributed by atoms with Crippen LogP contribution < -0.4 is 15.8 Å². The lowest BCUT2D eigenvalue weighted by Gasteiger charge is -2.28. The number of fused-ring (bicyclic) bond motifs is 1. The van der Waals surface area contributed by atoms with Crippen molar-refractivity contribution in [3.05, 3.63) is 48.0 Å². The molecular formula is C16H19FN4O. The normalized spacial score (nSPS) is 18.2. The number of aryl methyl sites for hydroxylation is 1. The summed E-state index contributed by atoms with van der Waals surface area (Å²) in [5.74, 6) is 1.12. The van der Waals surface area contributed by atoms with Gasteiger partial charge in [0.25, 0.3) is 0 Å². The minimum Gasteiger partial charge on any atom is -0.490 e. The summed E-state index contributed by atoms with van der Waals surface area (Å²) in [6.07, 6.45) is 5.83. The summed E-state index contributed by atoms with van der Waals surface area (Å²) < 4.78 is 19.1. The van der Waals surface area contributed by atoms with Crippen LogP contribution in [0.1, 0.15) is 18.4 Å². The fraction of sp³-hybridized carbons (Fsp3) is 0.375. The summed E-state index contributed by atoms with van der Waals surface area (Å²) in [6.45, 7) is 0.583. The van der Waals surface area contributed by atoms with E-state index in [9.17, 15) is 4.39 Å². The van der Waals surface area contributed by atoms with E-state index in [2.05, 4.69) is 15.3 Å². The maximum atomic E-state index is 13.2. The molecule has 5 nitrogen and oxygen atoms in total. The summed E-state index contributed by atoms with van der Waals surface area (Å²) >= 11 is 0. The Labute approximate surface area is 128 Å². The molecule has 0 spiro atoms. The second-order valence-corrected chi connectivity index (χ2v) is 5.48. The highest BCUT2D eigenvalue weighted by Crippen LogP contribution is 2.29. The molecule has 0 aliphatic carbocycles. The number of nitrogens with zero attached hydrogens (tertiary/aromatic N) is 2. The van der Waals surface area contributed by atoms with Gasteiger partial charge in [-0.3, -0.25) is 0 Å². The van der Waals surface area contributed by atoms with Crippen LogP contribution in [0.4, 0.5) is 10.3 Å². The zero-order chi connectivity index (χ0) is 15.4. The van der Waals surface area contributed by atoms with E-state index < -0.39 is 0 Å². The summed E-state index contributed by atoms with van der Waals surface area (Å²) in [5.41, 5.74) is 7.07. The van der Waals surface area contributed by atoms with Crippen molar-refractivity contribution >= 4 is 5.95 Å². The highest BCUT2D eigenvalue weighted by atomic mass is 19.1. The van der Waals surface area contributed by atoms with E-state index in [0.717, 1.165) is 30.6 Å². The van der Waals surface area contributed by atoms with Crippen LogP contribution in [0.25, 0.3) is 0 Å². The van der Waals surface area contributed by atoms with Gasteiger partial charge in [0.15, 0.2) is 0 Å². The number of nitrogens with one attached hydrogen (secondary N) is 1. The Morgan fingerprint density at radius 3 is 3.00 bits per heavy atom. The molecule has 2 atom stereocenters. The van der Waals surface area contributed by atoms with E-state index in [4.69, 9.17) is 10.5 Å². The van der Waals surface area contributed by atoms with Gasteiger partial charge in [-0.05, 0) is 42.7 Å². The van der Waals surface area contributed by atoms with Crippen molar-refractivity contribution in [1.82, 2.24) is 9.97 Å². The molecule has 0 unspecified atom stereocenters. The van der Waals surface area contributed by atoms with Crippen molar-refractivity contribution < 1.29 is 9.13 Å². The summed E-state index contributed by atoms with van der Waals surface area (Å²) in [6, 6.07) is 6.37. The van der Waals surface area contributed by atoms with Crippen LogP contribution in [0, 0.1) is 5.82 Å². The molecule has 3 rings (SSSR count). The van der Waals surface area contributed by atoms with E-state index in [1.54, 1.807) is 30.6 Å². The second-order valence-electron chi connectivity index (χ2n) is 5.48. The van der Waals surface area contributed by atoms with Gasteiger partial charge in [0.2, 0.25) is 5.95 Å². The number of rotatable bonds is 5. The average Bonchev–Trinajstić information content (AvgIpc) is 2.54. The van der Waals surface area contributed by atoms with Crippen molar-refractivity contribution in [2.45, 2.75) is 31.4 Å². The standard InChI is InChI=1S/C16H19FN4O/c17-12-3-5-15-11(8-12)2-4-14(22-15)9-13(18)10-21-16-19-6-1-7-20-16/h1,3,5-8,13-14H,2,4,9-10,18H2,(H,19,20,21)/t13-,14+/m1/s1. The summed E-state index contributed by atoms with van der Waals surface area (Å²) in [4.78, 5) is 8.18. The quantitative estimate of drug-likeness (QED) is 0.885. The number of benzene rings is 1. The molecule has 0 saturated carbocycles. The average molecular weight is 302 g/mol. The Morgan fingerprint density at radius 2 is 2.18 bits per heavy atom. The third-order valence-corrected chi connectivity index (χ3v) is 3.71. The van der Waals surface area contributed by atoms with Gasteiger partial charge >= 0.3 is 0 Å². The Bertz CT molecular complexity index is 623. The SMILES string of the molecule is N[C@@H](CNc1ncccn1)C[C@@H]1CCc2cc(F)ccc2O1. The van der Waals surface area contributed by atoms with Gasteiger partial charge in [-0.2, -0.15) is 0 Å². The lowest BCUT2D eigenvalue weighted by atomic mass is 9.98. The first-order chi connectivity index (χ1) is 10.7. The first-order valence-electron chi connectivity index (χ1n) is 7.42. The molecule has 0 bridgehead atoms. The van der Waals surface area contributed by atoms with E-state index in [0.29, 0.717) is 12.5 Å². The lowest BCUT2D eigenvalue weighted by molar-refractivity contribution is 0.156. The van der Waals surface area contributed by atoms with Gasteiger partial charge in [0.05, 0.1) is 0 Å². The van der Waals surface area contributed by atoms with Crippen LogP contribution in [0.2, 0.25) is 0 Å². The van der Waals surface area contributed by atoms with Gasteiger partial charge in [0, 0.05) is 31.4 Å². The zero-order valence-electron chi connectivity index (χ0n) is 12.2. The smallest absolute Gasteiger partial charge is 0.222 e. The number of aromatic nitrogens is 2. The number of halogens is 1. The third kappa shape index (κ3) is 3.71. The number of hydrogen-bond acceptors (Lipinski definition) is 5. The number of ether oxygens (including phenoxy) is 1. The maximum absolute atomic E-state index is 13.2. The maximum Gasteiger partial charge on any atom is 0.222 e. The second kappa shape index (κ2) is 6.70. The van der Waals surface area contributed by atoms with Crippen LogP contribution in [-0.2, 0) is 6.42 Å². The number of hydrogen-bond donors (Lipinski definition) is 2.